The molecule has 0 unspecified atom stereocenters. The summed E-state index contributed by atoms with van der Waals surface area (Å²) in [6.45, 7) is -0.113. The van der Waals surface area contributed by atoms with Gasteiger partial charge in [-0.25, -0.2) is 4.98 Å². The van der Waals surface area contributed by atoms with Crippen LogP contribution in [-0.2, 0) is 4.79 Å². The average Bonchev–Trinajstić information content (AvgIpc) is 3.08. The van der Waals surface area contributed by atoms with Crippen molar-refractivity contribution in [3.63, 3.8) is 0 Å². The van der Waals surface area contributed by atoms with Crippen molar-refractivity contribution in [3.05, 3.63) is 58.9 Å². The van der Waals surface area contributed by atoms with Crippen LogP contribution in [0.1, 0.15) is 0 Å². The van der Waals surface area contributed by atoms with Crippen LogP contribution in [0, 0.1) is 0 Å². The first-order valence-electron chi connectivity index (χ1n) is 7.42. The standard InChI is InChI=1S/C18H15ClN2O3S/c1-23-14-7-5-12(6-8-14)16-11-25-18(20-16)21-17(22)10-24-15-4-2-3-13(19)9-15/h2-9,11H,10H2,1H3,(H,20,21,22). The zero-order valence-electron chi connectivity index (χ0n) is 13.4. The van der Waals surface area contributed by atoms with Crippen LogP contribution >= 0.6 is 22.9 Å². The number of amides is 1. The third-order valence-electron chi connectivity index (χ3n) is 3.30. The maximum absolute atomic E-state index is 12.0. The summed E-state index contributed by atoms with van der Waals surface area (Å²) in [7, 11) is 1.62. The average molecular weight is 375 g/mol. The van der Waals surface area contributed by atoms with E-state index in [1.165, 1.54) is 11.3 Å². The summed E-state index contributed by atoms with van der Waals surface area (Å²) >= 11 is 7.23. The highest BCUT2D eigenvalue weighted by molar-refractivity contribution is 7.14. The molecule has 0 atom stereocenters. The molecule has 0 aliphatic heterocycles. The van der Waals surface area contributed by atoms with Crippen molar-refractivity contribution in [1.29, 1.82) is 0 Å². The van der Waals surface area contributed by atoms with E-state index in [1.807, 2.05) is 29.6 Å². The number of hydrogen-bond acceptors (Lipinski definition) is 5. The highest BCUT2D eigenvalue weighted by atomic mass is 35.5. The Morgan fingerprint density at radius 2 is 2.00 bits per heavy atom. The van der Waals surface area contributed by atoms with Gasteiger partial charge in [-0.2, -0.15) is 0 Å². The van der Waals surface area contributed by atoms with E-state index in [4.69, 9.17) is 21.1 Å². The molecule has 1 amide bonds. The zero-order valence-corrected chi connectivity index (χ0v) is 14.9. The Kier molecular flexibility index (Phi) is 5.53. The summed E-state index contributed by atoms with van der Waals surface area (Å²) in [5.74, 6) is 1.04. The molecule has 3 rings (SSSR count). The lowest BCUT2D eigenvalue weighted by molar-refractivity contribution is -0.118. The number of benzene rings is 2. The van der Waals surface area contributed by atoms with Crippen LogP contribution < -0.4 is 14.8 Å². The van der Waals surface area contributed by atoms with Crippen molar-refractivity contribution in [2.45, 2.75) is 0 Å². The van der Waals surface area contributed by atoms with Crippen LogP contribution in [0.5, 0.6) is 11.5 Å². The minimum absolute atomic E-state index is 0.113. The number of rotatable bonds is 6. The molecule has 25 heavy (non-hydrogen) atoms. The maximum Gasteiger partial charge on any atom is 0.264 e. The van der Waals surface area contributed by atoms with Crippen molar-refractivity contribution < 1.29 is 14.3 Å². The fraction of sp³-hybridized carbons (Fsp3) is 0.111. The van der Waals surface area contributed by atoms with Crippen LogP contribution in [-0.4, -0.2) is 24.6 Å². The quantitative estimate of drug-likeness (QED) is 0.690. The van der Waals surface area contributed by atoms with E-state index >= 15 is 0 Å². The first kappa shape index (κ1) is 17.3. The SMILES string of the molecule is COc1ccc(-c2csc(NC(=O)COc3cccc(Cl)c3)n2)cc1. The number of thiazole rings is 1. The van der Waals surface area contributed by atoms with Crippen molar-refractivity contribution >= 4 is 34.0 Å². The number of anilines is 1. The molecule has 0 aliphatic rings. The van der Waals surface area contributed by atoms with Gasteiger partial charge in [0.1, 0.15) is 11.5 Å². The number of nitrogens with zero attached hydrogens (tertiary/aromatic N) is 1. The van der Waals surface area contributed by atoms with Crippen LogP contribution in [0.3, 0.4) is 0 Å². The molecular weight excluding hydrogens is 360 g/mol. The number of methoxy groups -OCH3 is 1. The van der Waals surface area contributed by atoms with E-state index in [2.05, 4.69) is 10.3 Å². The number of halogens is 1. The highest BCUT2D eigenvalue weighted by Gasteiger charge is 2.09. The summed E-state index contributed by atoms with van der Waals surface area (Å²) in [5.41, 5.74) is 1.74. The van der Waals surface area contributed by atoms with Gasteiger partial charge in [-0.1, -0.05) is 17.7 Å². The number of nitrogens with one attached hydrogen (secondary N) is 1. The Morgan fingerprint density at radius 3 is 2.72 bits per heavy atom. The second-order valence-electron chi connectivity index (χ2n) is 5.06. The molecule has 2 aromatic carbocycles. The molecule has 0 fully saturated rings. The largest absolute Gasteiger partial charge is 0.497 e. The van der Waals surface area contributed by atoms with E-state index in [1.54, 1.807) is 31.4 Å². The molecule has 0 radical (unpaired) electrons. The van der Waals surface area contributed by atoms with E-state index in [0.29, 0.717) is 15.9 Å². The molecule has 3 aromatic rings. The first-order valence-corrected chi connectivity index (χ1v) is 8.68. The Labute approximate surface area is 154 Å². The van der Waals surface area contributed by atoms with E-state index in [0.717, 1.165) is 17.0 Å². The summed E-state index contributed by atoms with van der Waals surface area (Å²) in [6, 6.07) is 14.5. The minimum Gasteiger partial charge on any atom is -0.497 e. The van der Waals surface area contributed by atoms with Crippen LogP contribution in [0.25, 0.3) is 11.3 Å². The topological polar surface area (TPSA) is 60.5 Å². The molecule has 5 nitrogen and oxygen atoms in total. The Balaban J connectivity index is 1.57. The van der Waals surface area contributed by atoms with E-state index in [9.17, 15) is 4.79 Å². The number of hydrogen-bond donors (Lipinski definition) is 1. The molecule has 0 saturated carbocycles. The van der Waals surface area contributed by atoms with Crippen LogP contribution in [0.4, 0.5) is 5.13 Å². The predicted molar refractivity (Wildman–Crippen MR) is 99.7 cm³/mol. The van der Waals surface area contributed by atoms with Gasteiger partial charge >= 0.3 is 0 Å². The van der Waals surface area contributed by atoms with E-state index in [-0.39, 0.29) is 12.5 Å². The number of carbonyl (C=O) groups excluding carboxylic acids is 1. The summed E-state index contributed by atoms with van der Waals surface area (Å²) in [6.07, 6.45) is 0. The molecule has 1 N–H and O–H groups in total. The van der Waals surface area contributed by atoms with Gasteiger partial charge in [0.25, 0.3) is 5.91 Å². The predicted octanol–water partition coefficient (Wildman–Crippen LogP) is 4.49. The molecule has 7 heteroatoms. The molecule has 128 valence electrons. The first-order chi connectivity index (χ1) is 12.1. The molecule has 0 saturated heterocycles. The van der Waals surface area contributed by atoms with Crippen molar-refractivity contribution in [3.8, 4) is 22.8 Å². The molecule has 1 aromatic heterocycles. The monoisotopic (exact) mass is 374 g/mol. The van der Waals surface area contributed by atoms with Crippen molar-refractivity contribution in [2.24, 2.45) is 0 Å². The van der Waals surface area contributed by atoms with E-state index < -0.39 is 0 Å². The van der Waals surface area contributed by atoms with Gasteiger partial charge in [-0.05, 0) is 42.5 Å². The lowest BCUT2D eigenvalue weighted by atomic mass is 10.2. The van der Waals surface area contributed by atoms with Gasteiger partial charge in [0.15, 0.2) is 11.7 Å². The smallest absolute Gasteiger partial charge is 0.264 e. The molecule has 0 bridgehead atoms. The van der Waals surface area contributed by atoms with Crippen molar-refractivity contribution in [1.82, 2.24) is 4.98 Å². The Morgan fingerprint density at radius 1 is 1.20 bits per heavy atom. The fourth-order valence-electron chi connectivity index (χ4n) is 2.09. The van der Waals surface area contributed by atoms with Gasteiger partial charge < -0.3 is 9.47 Å². The second kappa shape index (κ2) is 8.00. The molecule has 1 heterocycles. The third-order valence-corrected chi connectivity index (χ3v) is 4.30. The minimum atomic E-state index is -0.282. The molecular formula is C18H15ClN2O3S. The maximum atomic E-state index is 12.0. The summed E-state index contributed by atoms with van der Waals surface area (Å²) < 4.78 is 10.5. The van der Waals surface area contributed by atoms with Gasteiger partial charge in [-0.15, -0.1) is 11.3 Å². The zero-order chi connectivity index (χ0) is 17.6. The molecule has 0 spiro atoms. The number of aromatic nitrogens is 1. The van der Waals surface area contributed by atoms with Crippen LogP contribution in [0.15, 0.2) is 53.9 Å². The second-order valence-corrected chi connectivity index (χ2v) is 6.36. The number of carbonyl (C=O) groups is 1. The fourth-order valence-corrected chi connectivity index (χ4v) is 3.00. The van der Waals surface area contributed by atoms with Gasteiger partial charge in [-0.3, -0.25) is 10.1 Å². The normalized spacial score (nSPS) is 10.3. The number of ether oxygens (including phenoxy) is 2. The molecule has 0 aliphatic carbocycles. The highest BCUT2D eigenvalue weighted by Crippen LogP contribution is 2.26. The van der Waals surface area contributed by atoms with Gasteiger partial charge in [0, 0.05) is 16.0 Å². The Hall–Kier alpha value is -2.57. The van der Waals surface area contributed by atoms with Gasteiger partial charge in [0.05, 0.1) is 12.8 Å². The lowest BCUT2D eigenvalue weighted by Crippen LogP contribution is -2.20. The summed E-state index contributed by atoms with van der Waals surface area (Å²) in [4.78, 5) is 16.4. The van der Waals surface area contributed by atoms with Crippen LogP contribution in [0.2, 0.25) is 5.02 Å². The summed E-state index contributed by atoms with van der Waals surface area (Å²) in [5, 5.41) is 5.69. The van der Waals surface area contributed by atoms with Crippen molar-refractivity contribution in [2.75, 3.05) is 19.0 Å². The Bertz CT molecular complexity index is 865. The lowest BCUT2D eigenvalue weighted by Gasteiger charge is -2.06. The van der Waals surface area contributed by atoms with Gasteiger partial charge in [0.2, 0.25) is 0 Å². The third kappa shape index (κ3) is 4.71.